The molecular weight excluding hydrogens is 250 g/mol. The van der Waals surface area contributed by atoms with Crippen LogP contribution >= 0.6 is 0 Å². The van der Waals surface area contributed by atoms with E-state index in [1.165, 1.54) is 18.2 Å². The van der Waals surface area contributed by atoms with Gasteiger partial charge in [0.15, 0.2) is 0 Å². The number of esters is 1. The molecule has 108 valence electrons. The minimum atomic E-state index is -0.100. The van der Waals surface area contributed by atoms with Crippen LogP contribution in [0, 0.1) is 5.92 Å². The maximum absolute atomic E-state index is 12.0. The number of carbonyl (C=O) groups is 1. The summed E-state index contributed by atoms with van der Waals surface area (Å²) in [7, 11) is 3.53. The Morgan fingerprint density at radius 1 is 1.45 bits per heavy atom. The molecule has 2 atom stereocenters. The molecule has 20 heavy (non-hydrogen) atoms. The lowest BCUT2D eigenvalue weighted by Crippen LogP contribution is -2.41. The van der Waals surface area contributed by atoms with Gasteiger partial charge in [-0.2, -0.15) is 0 Å². The normalized spacial score (nSPS) is 23.3. The predicted octanol–water partition coefficient (Wildman–Crippen LogP) is 2.62. The highest BCUT2D eigenvalue weighted by Crippen LogP contribution is 2.33. The van der Waals surface area contributed by atoms with Crippen molar-refractivity contribution in [3.63, 3.8) is 0 Å². The van der Waals surface area contributed by atoms with Crippen molar-refractivity contribution in [2.45, 2.75) is 18.8 Å². The minimum absolute atomic E-state index is 0.0657. The molecule has 0 aromatic heterocycles. The Morgan fingerprint density at radius 2 is 2.15 bits per heavy atom. The number of nitrogens with zero attached hydrogens (tertiary/aromatic N) is 1. The fraction of sp³-hybridized carbons (Fsp3) is 0.471. The summed E-state index contributed by atoms with van der Waals surface area (Å²) in [5, 5.41) is 0. The van der Waals surface area contributed by atoms with Gasteiger partial charge in [0.2, 0.25) is 0 Å². The van der Waals surface area contributed by atoms with Gasteiger partial charge in [0, 0.05) is 6.54 Å². The first-order valence-electron chi connectivity index (χ1n) is 7.11. The molecule has 1 fully saturated rings. The third kappa shape index (κ3) is 3.28. The quantitative estimate of drug-likeness (QED) is 0.624. The molecule has 0 amide bonds. The molecule has 2 rings (SSSR count). The molecule has 0 saturated carbocycles. The number of rotatable bonds is 4. The zero-order valence-electron chi connectivity index (χ0n) is 12.3. The van der Waals surface area contributed by atoms with Crippen LogP contribution in [0.2, 0.25) is 0 Å². The fourth-order valence-electron chi connectivity index (χ4n) is 2.97. The van der Waals surface area contributed by atoms with E-state index in [1.807, 2.05) is 6.08 Å². The van der Waals surface area contributed by atoms with Crippen molar-refractivity contribution in [1.29, 1.82) is 0 Å². The summed E-state index contributed by atoms with van der Waals surface area (Å²) in [5.74, 6) is 0.0946. The topological polar surface area (TPSA) is 29.5 Å². The Labute approximate surface area is 121 Å². The van der Waals surface area contributed by atoms with E-state index in [0.29, 0.717) is 0 Å². The first-order chi connectivity index (χ1) is 9.65. The van der Waals surface area contributed by atoms with Crippen molar-refractivity contribution in [1.82, 2.24) is 4.90 Å². The van der Waals surface area contributed by atoms with E-state index in [1.54, 1.807) is 0 Å². The van der Waals surface area contributed by atoms with E-state index in [0.717, 1.165) is 25.9 Å². The van der Waals surface area contributed by atoms with Crippen molar-refractivity contribution in [2.24, 2.45) is 5.92 Å². The molecule has 3 nitrogen and oxygen atoms in total. The zero-order chi connectivity index (χ0) is 14.5. The molecule has 0 spiro atoms. The third-order valence-corrected chi connectivity index (χ3v) is 4.11. The molecule has 1 aromatic rings. The summed E-state index contributed by atoms with van der Waals surface area (Å²) in [6, 6.07) is 8.54. The number of likely N-dealkylation sites (tertiary alicyclic amines) is 1. The molecule has 1 heterocycles. The fourth-order valence-corrected chi connectivity index (χ4v) is 2.97. The zero-order valence-corrected chi connectivity index (χ0v) is 12.3. The largest absolute Gasteiger partial charge is 0.469 e. The van der Waals surface area contributed by atoms with Crippen molar-refractivity contribution >= 4 is 5.97 Å². The molecular formula is C17H23NO2. The first kappa shape index (κ1) is 14.8. The average molecular weight is 273 g/mol. The summed E-state index contributed by atoms with van der Waals surface area (Å²) in [6.45, 7) is 5.55. The number of piperidine rings is 1. The SMILES string of the molecule is C=CCc1ccc([C@H]2CCN(C)C[C@@H]2C(=O)OC)cc1. The smallest absolute Gasteiger partial charge is 0.310 e. The van der Waals surface area contributed by atoms with Crippen molar-refractivity contribution < 1.29 is 9.53 Å². The van der Waals surface area contributed by atoms with E-state index in [2.05, 4.69) is 42.8 Å². The van der Waals surface area contributed by atoms with E-state index < -0.39 is 0 Å². The van der Waals surface area contributed by atoms with Crippen LogP contribution < -0.4 is 0 Å². The predicted molar refractivity (Wildman–Crippen MR) is 80.7 cm³/mol. The van der Waals surface area contributed by atoms with Gasteiger partial charge in [0.25, 0.3) is 0 Å². The van der Waals surface area contributed by atoms with Gasteiger partial charge in [-0.1, -0.05) is 30.3 Å². The summed E-state index contributed by atoms with van der Waals surface area (Å²) >= 11 is 0. The summed E-state index contributed by atoms with van der Waals surface area (Å²) < 4.78 is 4.97. The highest BCUT2D eigenvalue weighted by Gasteiger charge is 2.34. The molecule has 0 unspecified atom stereocenters. The summed E-state index contributed by atoms with van der Waals surface area (Å²) in [4.78, 5) is 14.2. The Morgan fingerprint density at radius 3 is 2.75 bits per heavy atom. The number of hydrogen-bond acceptors (Lipinski definition) is 3. The molecule has 1 saturated heterocycles. The maximum Gasteiger partial charge on any atom is 0.310 e. The Kier molecular flexibility index (Phi) is 4.96. The van der Waals surface area contributed by atoms with E-state index in [4.69, 9.17) is 4.74 Å². The third-order valence-electron chi connectivity index (χ3n) is 4.11. The van der Waals surface area contributed by atoms with Gasteiger partial charge in [0.05, 0.1) is 13.0 Å². The summed E-state index contributed by atoms with van der Waals surface area (Å²) in [6.07, 6.45) is 3.78. The molecule has 0 radical (unpaired) electrons. The first-order valence-corrected chi connectivity index (χ1v) is 7.11. The van der Waals surface area contributed by atoms with Gasteiger partial charge in [0.1, 0.15) is 0 Å². The Bertz CT molecular complexity index is 466. The minimum Gasteiger partial charge on any atom is -0.469 e. The standard InChI is InChI=1S/C17H23NO2/c1-4-5-13-6-8-14(9-7-13)15-10-11-18(2)12-16(15)17(19)20-3/h4,6-9,15-16H,1,5,10-12H2,2-3H3/t15-,16+/m1/s1. The second-order valence-electron chi connectivity index (χ2n) is 5.52. The lowest BCUT2D eigenvalue weighted by molar-refractivity contribution is -0.148. The lowest BCUT2D eigenvalue weighted by Gasteiger charge is -2.35. The highest BCUT2D eigenvalue weighted by molar-refractivity contribution is 5.74. The molecule has 1 aliphatic rings. The van der Waals surface area contributed by atoms with E-state index in [-0.39, 0.29) is 17.8 Å². The lowest BCUT2D eigenvalue weighted by atomic mass is 9.80. The highest BCUT2D eigenvalue weighted by atomic mass is 16.5. The molecule has 0 bridgehead atoms. The number of allylic oxidation sites excluding steroid dienone is 1. The number of hydrogen-bond donors (Lipinski definition) is 0. The molecule has 1 aliphatic heterocycles. The molecule has 3 heteroatoms. The maximum atomic E-state index is 12.0. The van der Waals surface area contributed by atoms with Crippen LogP contribution in [-0.2, 0) is 16.0 Å². The van der Waals surface area contributed by atoms with Crippen molar-refractivity contribution in [2.75, 3.05) is 27.2 Å². The van der Waals surface area contributed by atoms with Gasteiger partial charge in [-0.05, 0) is 43.5 Å². The van der Waals surface area contributed by atoms with Gasteiger partial charge in [-0.15, -0.1) is 6.58 Å². The Hall–Kier alpha value is -1.61. The molecule has 0 aliphatic carbocycles. The van der Waals surface area contributed by atoms with Gasteiger partial charge in [-0.25, -0.2) is 0 Å². The average Bonchev–Trinajstić information content (AvgIpc) is 2.47. The van der Waals surface area contributed by atoms with E-state index >= 15 is 0 Å². The molecule has 1 aromatic carbocycles. The van der Waals surface area contributed by atoms with Gasteiger partial charge >= 0.3 is 5.97 Å². The molecule has 0 N–H and O–H groups in total. The van der Waals surface area contributed by atoms with Crippen LogP contribution in [0.25, 0.3) is 0 Å². The van der Waals surface area contributed by atoms with Crippen LogP contribution in [-0.4, -0.2) is 38.1 Å². The van der Waals surface area contributed by atoms with Gasteiger partial charge < -0.3 is 9.64 Å². The second-order valence-corrected chi connectivity index (χ2v) is 5.52. The number of benzene rings is 1. The van der Waals surface area contributed by atoms with Crippen LogP contribution in [0.3, 0.4) is 0 Å². The number of ether oxygens (including phenoxy) is 1. The van der Waals surface area contributed by atoms with Crippen LogP contribution in [0.4, 0.5) is 0 Å². The van der Waals surface area contributed by atoms with Crippen molar-refractivity contribution in [3.05, 3.63) is 48.0 Å². The summed E-state index contributed by atoms with van der Waals surface area (Å²) in [5.41, 5.74) is 2.49. The number of carbonyl (C=O) groups excluding carboxylic acids is 1. The van der Waals surface area contributed by atoms with Crippen LogP contribution in [0.15, 0.2) is 36.9 Å². The second kappa shape index (κ2) is 6.71. The van der Waals surface area contributed by atoms with Crippen LogP contribution in [0.5, 0.6) is 0 Å². The number of methoxy groups -OCH3 is 1. The van der Waals surface area contributed by atoms with Gasteiger partial charge in [-0.3, -0.25) is 4.79 Å². The van der Waals surface area contributed by atoms with E-state index in [9.17, 15) is 4.79 Å². The Balaban J connectivity index is 2.19. The van der Waals surface area contributed by atoms with Crippen LogP contribution in [0.1, 0.15) is 23.5 Å². The monoisotopic (exact) mass is 273 g/mol. The van der Waals surface area contributed by atoms with Crippen molar-refractivity contribution in [3.8, 4) is 0 Å².